The van der Waals surface area contributed by atoms with E-state index in [1.165, 1.54) is 24.3 Å². The second-order valence-electron chi connectivity index (χ2n) is 6.54. The van der Waals surface area contributed by atoms with E-state index < -0.39 is 27.8 Å². The average Bonchev–Trinajstić information content (AvgIpc) is 2.68. The summed E-state index contributed by atoms with van der Waals surface area (Å²) in [5, 5.41) is 12.0. The molecule has 3 aromatic rings. The standard InChI is InChI=1S/C20H17ClN2O6S/c1-12(2)29-20(24)16-8-10-18(15-6-4-3-5-14(15)16)22(30(27)28)13-7-9-17(21)19(11-13)23(25)26/h3-12H,1-2H3,(H,27,28)/p-1. The molecule has 0 fully saturated rings. The molecule has 3 aromatic carbocycles. The fourth-order valence-corrected chi connectivity index (χ4v) is 3.78. The molecule has 0 aliphatic carbocycles. The molecule has 0 spiro atoms. The van der Waals surface area contributed by atoms with Crippen LogP contribution in [0.1, 0.15) is 24.2 Å². The molecule has 0 heterocycles. The smallest absolute Gasteiger partial charge is 0.339 e. The van der Waals surface area contributed by atoms with E-state index in [2.05, 4.69) is 0 Å². The van der Waals surface area contributed by atoms with Gasteiger partial charge in [0.1, 0.15) is 5.02 Å². The number of nitrogens with zero attached hydrogens (tertiary/aromatic N) is 2. The Morgan fingerprint density at radius 1 is 1.13 bits per heavy atom. The quantitative estimate of drug-likeness (QED) is 0.230. The third-order valence-electron chi connectivity index (χ3n) is 4.19. The maximum atomic E-state index is 12.5. The lowest BCUT2D eigenvalue weighted by Crippen LogP contribution is -2.20. The van der Waals surface area contributed by atoms with Gasteiger partial charge in [-0.3, -0.25) is 18.6 Å². The Balaban J connectivity index is 2.21. The van der Waals surface area contributed by atoms with Crippen LogP contribution in [-0.4, -0.2) is 25.8 Å². The van der Waals surface area contributed by atoms with Crippen LogP contribution in [0.2, 0.25) is 5.02 Å². The van der Waals surface area contributed by atoms with E-state index in [1.807, 2.05) is 0 Å². The van der Waals surface area contributed by atoms with Crippen molar-refractivity contribution in [2.75, 3.05) is 4.31 Å². The van der Waals surface area contributed by atoms with Crippen molar-refractivity contribution >= 4 is 56.7 Å². The molecule has 1 unspecified atom stereocenters. The number of nitro benzene ring substituents is 1. The Morgan fingerprint density at radius 3 is 2.40 bits per heavy atom. The van der Waals surface area contributed by atoms with Crippen molar-refractivity contribution in [2.45, 2.75) is 20.0 Å². The van der Waals surface area contributed by atoms with Gasteiger partial charge in [0, 0.05) is 11.5 Å². The number of halogens is 1. The lowest BCUT2D eigenvalue weighted by atomic mass is 10.0. The minimum absolute atomic E-state index is 0.0297. The summed E-state index contributed by atoms with van der Waals surface area (Å²) < 4.78 is 30.4. The molecule has 1 atom stereocenters. The van der Waals surface area contributed by atoms with Gasteiger partial charge < -0.3 is 9.29 Å². The van der Waals surface area contributed by atoms with Gasteiger partial charge in [0.15, 0.2) is 0 Å². The van der Waals surface area contributed by atoms with Gasteiger partial charge in [-0.05, 0) is 43.5 Å². The maximum absolute atomic E-state index is 12.5. The van der Waals surface area contributed by atoms with Gasteiger partial charge in [0.2, 0.25) is 0 Å². The zero-order chi connectivity index (χ0) is 22.0. The number of hydrogen-bond acceptors (Lipinski definition) is 6. The molecule has 0 saturated carbocycles. The Bertz CT molecular complexity index is 1170. The molecule has 0 bridgehead atoms. The highest BCUT2D eigenvalue weighted by molar-refractivity contribution is 7.81. The number of anilines is 2. The van der Waals surface area contributed by atoms with Crippen LogP contribution in [0, 0.1) is 10.1 Å². The van der Waals surface area contributed by atoms with E-state index in [4.69, 9.17) is 16.3 Å². The molecule has 156 valence electrons. The number of esters is 1. The summed E-state index contributed by atoms with van der Waals surface area (Å²) >= 11 is 3.03. The molecule has 0 N–H and O–H groups in total. The molecule has 0 aromatic heterocycles. The van der Waals surface area contributed by atoms with Gasteiger partial charge in [0.05, 0.1) is 39.2 Å². The van der Waals surface area contributed by atoms with Crippen LogP contribution in [-0.2, 0) is 16.0 Å². The predicted molar refractivity (Wildman–Crippen MR) is 114 cm³/mol. The summed E-state index contributed by atoms with van der Waals surface area (Å²) in [5.74, 6) is -0.537. The molecule has 0 amide bonds. The first-order chi connectivity index (χ1) is 14.2. The summed E-state index contributed by atoms with van der Waals surface area (Å²) in [6.07, 6.45) is -0.323. The van der Waals surface area contributed by atoms with Crippen molar-refractivity contribution in [3.05, 3.63) is 75.3 Å². The van der Waals surface area contributed by atoms with Crippen molar-refractivity contribution in [3.63, 3.8) is 0 Å². The molecule has 3 rings (SSSR count). The fourth-order valence-electron chi connectivity index (χ4n) is 2.99. The number of fused-ring (bicyclic) bond motifs is 1. The van der Waals surface area contributed by atoms with E-state index >= 15 is 0 Å². The van der Waals surface area contributed by atoms with E-state index in [0.717, 1.165) is 10.4 Å². The molecule has 30 heavy (non-hydrogen) atoms. The molecule has 0 aliphatic heterocycles. The highest BCUT2D eigenvalue weighted by Gasteiger charge is 2.21. The van der Waals surface area contributed by atoms with Crippen LogP contribution < -0.4 is 4.31 Å². The molecule has 0 saturated heterocycles. The van der Waals surface area contributed by atoms with E-state index in [-0.39, 0.29) is 28.1 Å². The van der Waals surface area contributed by atoms with Crippen molar-refractivity contribution in [1.82, 2.24) is 0 Å². The minimum atomic E-state index is -2.81. The Morgan fingerprint density at radius 2 is 1.80 bits per heavy atom. The van der Waals surface area contributed by atoms with Gasteiger partial charge in [-0.1, -0.05) is 35.9 Å². The van der Waals surface area contributed by atoms with Crippen molar-refractivity contribution < 1.29 is 23.2 Å². The maximum Gasteiger partial charge on any atom is 0.339 e. The SMILES string of the molecule is CC(C)OC(=O)c1ccc(N(c2ccc(Cl)c([N+](=O)[O-])c2)S(=O)[O-])c2ccccc12. The number of rotatable bonds is 6. The fraction of sp³-hybridized carbons (Fsp3) is 0.150. The van der Waals surface area contributed by atoms with Crippen molar-refractivity contribution in [1.29, 1.82) is 0 Å². The predicted octanol–water partition coefficient (Wildman–Crippen LogP) is 4.90. The first-order valence-corrected chi connectivity index (χ1v) is 10.2. The third-order valence-corrected chi connectivity index (χ3v) is 5.22. The zero-order valence-electron chi connectivity index (χ0n) is 15.9. The first kappa shape index (κ1) is 21.7. The van der Waals surface area contributed by atoms with Crippen LogP contribution in [0.4, 0.5) is 17.1 Å². The highest BCUT2D eigenvalue weighted by atomic mass is 35.5. The van der Waals surface area contributed by atoms with Crippen LogP contribution in [0.25, 0.3) is 10.8 Å². The number of ether oxygens (including phenoxy) is 1. The molecule has 0 radical (unpaired) electrons. The summed E-state index contributed by atoms with van der Waals surface area (Å²) in [4.78, 5) is 23.0. The second kappa shape index (κ2) is 8.78. The number of nitro groups is 1. The Kier molecular flexibility index (Phi) is 6.35. The lowest BCUT2D eigenvalue weighted by molar-refractivity contribution is -0.384. The van der Waals surface area contributed by atoms with Crippen molar-refractivity contribution in [3.8, 4) is 0 Å². The topological polar surface area (TPSA) is 113 Å². The van der Waals surface area contributed by atoms with E-state index in [0.29, 0.717) is 10.8 Å². The number of carbonyl (C=O) groups excluding carboxylic acids is 1. The van der Waals surface area contributed by atoms with Crippen LogP contribution in [0.3, 0.4) is 0 Å². The normalized spacial score (nSPS) is 12.0. The van der Waals surface area contributed by atoms with Gasteiger partial charge in [-0.2, -0.15) is 0 Å². The zero-order valence-corrected chi connectivity index (χ0v) is 17.5. The molecule has 8 nitrogen and oxygen atoms in total. The molecule has 10 heteroatoms. The summed E-state index contributed by atoms with van der Waals surface area (Å²) in [6.45, 7) is 3.45. The molecular formula is C20H16ClN2O6S-. The number of hydrogen-bond donors (Lipinski definition) is 0. The first-order valence-electron chi connectivity index (χ1n) is 8.77. The number of carbonyl (C=O) groups is 1. The summed E-state index contributed by atoms with van der Waals surface area (Å²) in [7, 11) is 0. The lowest BCUT2D eigenvalue weighted by Gasteiger charge is -2.28. The highest BCUT2D eigenvalue weighted by Crippen LogP contribution is 2.38. The van der Waals surface area contributed by atoms with Crippen molar-refractivity contribution in [2.24, 2.45) is 0 Å². The number of benzene rings is 3. The van der Waals surface area contributed by atoms with E-state index in [1.54, 1.807) is 38.1 Å². The Hall–Kier alpha value is -3.01. The van der Waals surface area contributed by atoms with Crippen LogP contribution >= 0.6 is 11.6 Å². The monoisotopic (exact) mass is 447 g/mol. The molecular weight excluding hydrogens is 432 g/mol. The van der Waals surface area contributed by atoms with Gasteiger partial charge >= 0.3 is 5.97 Å². The van der Waals surface area contributed by atoms with Crippen LogP contribution in [0.15, 0.2) is 54.6 Å². The second-order valence-corrected chi connectivity index (χ2v) is 7.74. The molecule has 0 aliphatic rings. The summed E-state index contributed by atoms with van der Waals surface area (Å²) in [5.41, 5.74) is 0.103. The average molecular weight is 448 g/mol. The minimum Gasteiger partial charge on any atom is -0.755 e. The largest absolute Gasteiger partial charge is 0.755 e. The Labute approximate surface area is 179 Å². The van der Waals surface area contributed by atoms with Gasteiger partial charge in [-0.15, -0.1) is 0 Å². The van der Waals surface area contributed by atoms with E-state index in [9.17, 15) is 23.7 Å². The van der Waals surface area contributed by atoms with Gasteiger partial charge in [0.25, 0.3) is 5.69 Å². The van der Waals surface area contributed by atoms with Crippen LogP contribution in [0.5, 0.6) is 0 Å². The van der Waals surface area contributed by atoms with Gasteiger partial charge in [-0.25, -0.2) is 4.79 Å². The third kappa shape index (κ3) is 4.28. The summed E-state index contributed by atoms with van der Waals surface area (Å²) in [6, 6.07) is 13.3.